The molecule has 3 aliphatic carbocycles. The van der Waals surface area contributed by atoms with Crippen LogP contribution in [0.2, 0.25) is 0 Å². The number of hydrogen-bond acceptors (Lipinski definition) is 4. The molecule has 3 saturated carbocycles. The lowest BCUT2D eigenvalue weighted by Gasteiger charge is -2.28. The van der Waals surface area contributed by atoms with Gasteiger partial charge in [0.15, 0.2) is 0 Å². The summed E-state index contributed by atoms with van der Waals surface area (Å²) in [5.41, 5.74) is 4.41. The molecule has 5 rings (SSSR count). The van der Waals surface area contributed by atoms with Crippen LogP contribution in [-0.4, -0.2) is 37.7 Å². The van der Waals surface area contributed by atoms with Crippen LogP contribution in [0.15, 0.2) is 17.1 Å². The van der Waals surface area contributed by atoms with Gasteiger partial charge >= 0.3 is 5.97 Å². The van der Waals surface area contributed by atoms with Gasteiger partial charge in [-0.05, 0) is 69.4 Å². The van der Waals surface area contributed by atoms with Gasteiger partial charge in [-0.25, -0.2) is 15.0 Å². The van der Waals surface area contributed by atoms with Gasteiger partial charge in [-0.2, -0.15) is 0 Å². The van der Waals surface area contributed by atoms with E-state index in [1.165, 1.54) is 32.1 Å². The molecule has 1 N–H and O–H groups in total. The molecule has 0 aromatic carbocycles. The van der Waals surface area contributed by atoms with Crippen LogP contribution in [0.3, 0.4) is 0 Å². The average molecular weight is 519 g/mol. The predicted octanol–water partition coefficient (Wildman–Crippen LogP) is 6.50. The zero-order valence-corrected chi connectivity index (χ0v) is 23.6. The summed E-state index contributed by atoms with van der Waals surface area (Å²) < 4.78 is 2.30. The minimum atomic E-state index is -0.764. The van der Waals surface area contributed by atoms with E-state index in [-0.39, 0.29) is 28.6 Å². The van der Waals surface area contributed by atoms with Gasteiger partial charge in [0.2, 0.25) is 0 Å². The number of carbonyl (C=O) groups excluding carboxylic acids is 1. The fourth-order valence-electron chi connectivity index (χ4n) is 5.83. The van der Waals surface area contributed by atoms with Crippen molar-refractivity contribution in [1.82, 2.24) is 14.5 Å². The summed E-state index contributed by atoms with van der Waals surface area (Å²) in [5.74, 6) is 0.146. The Bertz CT molecular complexity index is 1230. The van der Waals surface area contributed by atoms with E-state index in [0.29, 0.717) is 24.3 Å². The summed E-state index contributed by atoms with van der Waals surface area (Å²) in [6.45, 7) is 11.6. The second-order valence-electron chi connectivity index (χ2n) is 13.3. The minimum Gasteiger partial charge on any atom is -0.481 e. The van der Waals surface area contributed by atoms with E-state index >= 15 is 0 Å². The Balaban J connectivity index is 1.52. The number of aliphatic imine (C=N–C) groups is 1. The van der Waals surface area contributed by atoms with Crippen molar-refractivity contribution in [2.75, 3.05) is 0 Å². The van der Waals surface area contributed by atoms with E-state index in [4.69, 9.17) is 15.1 Å². The number of aromatic nitrogens is 3. The van der Waals surface area contributed by atoms with Crippen LogP contribution in [-0.2, 0) is 22.2 Å². The molecular weight excluding hydrogens is 476 g/mol. The maximum atomic E-state index is 13.3. The molecule has 0 atom stereocenters. The molecule has 0 spiro atoms. The van der Waals surface area contributed by atoms with Gasteiger partial charge in [0, 0.05) is 29.3 Å². The molecule has 0 unspecified atom stereocenters. The van der Waals surface area contributed by atoms with Crippen molar-refractivity contribution in [3.63, 3.8) is 0 Å². The van der Waals surface area contributed by atoms with Crippen LogP contribution in [0.4, 0.5) is 0 Å². The Morgan fingerprint density at radius 2 is 1.82 bits per heavy atom. The first-order chi connectivity index (χ1) is 17.9. The van der Waals surface area contributed by atoms with Crippen LogP contribution < -0.4 is 0 Å². The molecule has 204 valence electrons. The quantitative estimate of drug-likeness (QED) is 0.422. The summed E-state index contributed by atoms with van der Waals surface area (Å²) in [6.07, 6.45) is 11.3. The monoisotopic (exact) mass is 518 g/mol. The molecule has 3 aliphatic rings. The first kappa shape index (κ1) is 26.8. The molecule has 0 bridgehead atoms. The summed E-state index contributed by atoms with van der Waals surface area (Å²) in [6, 6.07) is 4.12. The van der Waals surface area contributed by atoms with E-state index in [1.54, 1.807) is 6.21 Å². The fourth-order valence-corrected chi connectivity index (χ4v) is 5.83. The van der Waals surface area contributed by atoms with E-state index in [1.807, 2.05) is 13.0 Å². The van der Waals surface area contributed by atoms with Crippen LogP contribution in [0.5, 0.6) is 0 Å². The van der Waals surface area contributed by atoms with Crippen molar-refractivity contribution in [2.45, 2.75) is 110 Å². The van der Waals surface area contributed by atoms with E-state index in [2.05, 4.69) is 43.3 Å². The van der Waals surface area contributed by atoms with Crippen molar-refractivity contribution in [1.29, 1.82) is 0 Å². The SMILES string of the molecule is Cc1c(C(=O)N=CC2CC(C(=O)O)C2)cc(-c2cc(C3(C)CC3)nc(C(C)(C)C)n2)n1CC1CCCCC1. The summed E-state index contributed by atoms with van der Waals surface area (Å²) in [4.78, 5) is 38.8. The average Bonchev–Trinajstić information content (AvgIpc) is 3.52. The Hall–Kier alpha value is -2.83. The highest BCUT2D eigenvalue weighted by Gasteiger charge is 2.42. The summed E-state index contributed by atoms with van der Waals surface area (Å²) >= 11 is 0. The number of rotatable bonds is 7. The van der Waals surface area contributed by atoms with Crippen LogP contribution in [0, 0.1) is 24.7 Å². The van der Waals surface area contributed by atoms with Crippen LogP contribution >= 0.6 is 0 Å². The molecule has 7 nitrogen and oxygen atoms in total. The molecule has 0 saturated heterocycles. The highest BCUT2D eigenvalue weighted by Crippen LogP contribution is 2.48. The molecule has 0 radical (unpaired) electrons. The Kier molecular flexibility index (Phi) is 7.08. The first-order valence-corrected chi connectivity index (χ1v) is 14.4. The normalized spacial score (nSPS) is 23.4. The van der Waals surface area contributed by atoms with Gasteiger partial charge in [0.25, 0.3) is 5.91 Å². The second kappa shape index (κ2) is 10.0. The molecule has 0 aliphatic heterocycles. The third kappa shape index (κ3) is 5.48. The van der Waals surface area contributed by atoms with Crippen LogP contribution in [0.1, 0.15) is 113 Å². The zero-order chi connectivity index (χ0) is 27.2. The van der Waals surface area contributed by atoms with E-state index in [9.17, 15) is 9.59 Å². The predicted molar refractivity (Wildman–Crippen MR) is 149 cm³/mol. The highest BCUT2D eigenvalue weighted by atomic mass is 16.4. The van der Waals surface area contributed by atoms with Crippen molar-refractivity contribution >= 4 is 18.1 Å². The Morgan fingerprint density at radius 1 is 1.13 bits per heavy atom. The lowest BCUT2D eigenvalue weighted by molar-refractivity contribution is -0.145. The number of aliphatic carboxylic acids is 1. The van der Waals surface area contributed by atoms with Crippen molar-refractivity contribution in [2.24, 2.45) is 22.7 Å². The lowest BCUT2D eigenvalue weighted by Crippen LogP contribution is -2.31. The van der Waals surface area contributed by atoms with Gasteiger partial charge in [-0.1, -0.05) is 47.0 Å². The van der Waals surface area contributed by atoms with Crippen molar-refractivity contribution < 1.29 is 14.7 Å². The number of carbonyl (C=O) groups is 2. The standard InChI is InChI=1S/C31H42N4O3/c1-19-23(27(36)32-17-21-13-22(14-21)28(37)38)15-25(35(19)18-20-9-7-6-8-10-20)24-16-26(31(5)11-12-31)34-29(33-24)30(2,3)4/h15-17,20-22H,6-14,18H2,1-5H3,(H,37,38). The molecule has 7 heteroatoms. The molecule has 38 heavy (non-hydrogen) atoms. The minimum absolute atomic E-state index is 0.0576. The van der Waals surface area contributed by atoms with Gasteiger partial charge in [-0.3, -0.25) is 9.59 Å². The molecule has 3 fully saturated rings. The smallest absolute Gasteiger partial charge is 0.306 e. The zero-order valence-electron chi connectivity index (χ0n) is 23.6. The van der Waals surface area contributed by atoms with Gasteiger partial charge in [0.1, 0.15) is 5.82 Å². The number of hydrogen-bond donors (Lipinski definition) is 1. The van der Waals surface area contributed by atoms with Crippen LogP contribution in [0.25, 0.3) is 11.4 Å². The Morgan fingerprint density at radius 3 is 2.42 bits per heavy atom. The molecule has 2 heterocycles. The molecule has 2 aromatic rings. The third-order valence-corrected chi connectivity index (χ3v) is 8.97. The van der Waals surface area contributed by atoms with Crippen molar-refractivity contribution in [3.05, 3.63) is 34.9 Å². The van der Waals surface area contributed by atoms with Gasteiger partial charge in [-0.15, -0.1) is 0 Å². The largest absolute Gasteiger partial charge is 0.481 e. The maximum Gasteiger partial charge on any atom is 0.306 e. The molecular formula is C31H42N4O3. The number of nitrogens with zero attached hydrogens (tertiary/aromatic N) is 4. The Labute approximate surface area is 226 Å². The molecule has 2 aromatic heterocycles. The number of carboxylic acids is 1. The first-order valence-electron chi connectivity index (χ1n) is 14.4. The number of carboxylic acid groups (broad SMARTS) is 1. The lowest BCUT2D eigenvalue weighted by atomic mass is 9.76. The summed E-state index contributed by atoms with van der Waals surface area (Å²) in [5, 5.41) is 9.14. The highest BCUT2D eigenvalue weighted by molar-refractivity contribution is 6.01. The summed E-state index contributed by atoms with van der Waals surface area (Å²) in [7, 11) is 0. The third-order valence-electron chi connectivity index (χ3n) is 8.97. The number of amides is 1. The van der Waals surface area contributed by atoms with Crippen molar-refractivity contribution in [3.8, 4) is 11.4 Å². The molecule has 1 amide bonds. The topological polar surface area (TPSA) is 97.4 Å². The maximum absolute atomic E-state index is 13.3. The van der Waals surface area contributed by atoms with Gasteiger partial charge in [0.05, 0.1) is 28.6 Å². The van der Waals surface area contributed by atoms with E-state index in [0.717, 1.165) is 48.0 Å². The van der Waals surface area contributed by atoms with E-state index < -0.39 is 5.97 Å². The van der Waals surface area contributed by atoms with Gasteiger partial charge < -0.3 is 9.67 Å². The second-order valence-corrected chi connectivity index (χ2v) is 13.3. The fraction of sp³-hybridized carbons (Fsp3) is 0.645.